The molecule has 2 fully saturated rings. The number of rotatable bonds is 4. The first-order chi connectivity index (χ1) is 11.3. The summed E-state index contributed by atoms with van der Waals surface area (Å²) in [6.45, 7) is 2.51. The lowest BCUT2D eigenvalue weighted by molar-refractivity contribution is 0.00434. The van der Waals surface area contributed by atoms with Crippen LogP contribution >= 0.6 is 11.6 Å². The van der Waals surface area contributed by atoms with Crippen molar-refractivity contribution in [2.24, 2.45) is 5.92 Å². The summed E-state index contributed by atoms with van der Waals surface area (Å²) < 4.78 is 5.81. The van der Waals surface area contributed by atoms with Gasteiger partial charge < -0.3 is 15.4 Å². The molecule has 2 unspecified atom stereocenters. The highest BCUT2D eigenvalue weighted by atomic mass is 35.5. The SMILES string of the molecule is ClC1C=C(Nc2ncc(C3CC3)cn2)C=CC1[C@H]1CNCCO1. The van der Waals surface area contributed by atoms with Gasteiger partial charge in [0.05, 0.1) is 18.1 Å². The van der Waals surface area contributed by atoms with Gasteiger partial charge in [0.1, 0.15) is 0 Å². The molecule has 2 heterocycles. The summed E-state index contributed by atoms with van der Waals surface area (Å²) in [7, 11) is 0. The van der Waals surface area contributed by atoms with E-state index in [2.05, 4.69) is 26.7 Å². The zero-order chi connectivity index (χ0) is 15.6. The molecule has 3 aliphatic rings. The number of anilines is 1. The predicted octanol–water partition coefficient (Wildman–Crippen LogP) is 2.43. The fraction of sp³-hybridized carbons (Fsp3) is 0.529. The van der Waals surface area contributed by atoms with Crippen LogP contribution < -0.4 is 10.6 Å². The van der Waals surface area contributed by atoms with Gasteiger partial charge >= 0.3 is 0 Å². The van der Waals surface area contributed by atoms with E-state index in [0.717, 1.165) is 25.4 Å². The first kappa shape index (κ1) is 15.1. The number of aromatic nitrogens is 2. The van der Waals surface area contributed by atoms with E-state index in [9.17, 15) is 0 Å². The van der Waals surface area contributed by atoms with Crippen LogP contribution in [0.2, 0.25) is 0 Å². The number of hydrogen-bond acceptors (Lipinski definition) is 5. The molecule has 2 aliphatic carbocycles. The molecule has 4 rings (SSSR count). The highest BCUT2D eigenvalue weighted by Gasteiger charge is 2.29. The van der Waals surface area contributed by atoms with Crippen LogP contribution in [-0.2, 0) is 4.74 Å². The largest absolute Gasteiger partial charge is 0.375 e. The van der Waals surface area contributed by atoms with Crippen LogP contribution in [-0.4, -0.2) is 41.1 Å². The van der Waals surface area contributed by atoms with E-state index in [1.54, 1.807) is 0 Å². The molecule has 1 saturated carbocycles. The van der Waals surface area contributed by atoms with E-state index < -0.39 is 0 Å². The van der Waals surface area contributed by atoms with Crippen molar-refractivity contribution in [2.45, 2.75) is 30.2 Å². The maximum Gasteiger partial charge on any atom is 0.227 e. The second kappa shape index (κ2) is 6.59. The highest BCUT2D eigenvalue weighted by Crippen LogP contribution is 2.39. The molecule has 23 heavy (non-hydrogen) atoms. The van der Waals surface area contributed by atoms with E-state index in [1.165, 1.54) is 18.4 Å². The van der Waals surface area contributed by atoms with Crippen LogP contribution in [0, 0.1) is 5.92 Å². The summed E-state index contributed by atoms with van der Waals surface area (Å²) in [6, 6.07) is 0. The molecule has 1 aliphatic heterocycles. The lowest BCUT2D eigenvalue weighted by Gasteiger charge is -2.32. The maximum atomic E-state index is 6.54. The number of alkyl halides is 1. The van der Waals surface area contributed by atoms with Crippen molar-refractivity contribution < 1.29 is 4.74 Å². The summed E-state index contributed by atoms with van der Waals surface area (Å²) in [6.07, 6.45) is 12.7. The van der Waals surface area contributed by atoms with Crippen LogP contribution in [0.15, 0.2) is 36.3 Å². The molecule has 1 saturated heterocycles. The zero-order valence-electron chi connectivity index (χ0n) is 12.9. The molecule has 122 valence electrons. The van der Waals surface area contributed by atoms with Crippen molar-refractivity contribution in [1.82, 2.24) is 15.3 Å². The lowest BCUT2D eigenvalue weighted by atomic mass is 9.92. The Kier molecular flexibility index (Phi) is 4.33. The molecule has 2 N–H and O–H groups in total. The smallest absolute Gasteiger partial charge is 0.227 e. The Morgan fingerprint density at radius 1 is 1.26 bits per heavy atom. The number of halogens is 1. The fourth-order valence-corrected chi connectivity index (χ4v) is 3.45. The van der Waals surface area contributed by atoms with Crippen molar-refractivity contribution >= 4 is 17.5 Å². The monoisotopic (exact) mass is 332 g/mol. The first-order valence-electron chi connectivity index (χ1n) is 8.25. The number of allylic oxidation sites excluding steroid dienone is 2. The van der Waals surface area contributed by atoms with E-state index in [4.69, 9.17) is 16.3 Å². The van der Waals surface area contributed by atoms with Gasteiger partial charge in [-0.05, 0) is 36.5 Å². The Hall–Kier alpha value is -1.43. The second-order valence-corrected chi connectivity index (χ2v) is 6.86. The Bertz CT molecular complexity index is 606. The summed E-state index contributed by atoms with van der Waals surface area (Å²) in [4.78, 5) is 8.79. The van der Waals surface area contributed by atoms with Gasteiger partial charge in [-0.15, -0.1) is 11.6 Å². The molecule has 1 aromatic heterocycles. The number of ether oxygens (including phenoxy) is 1. The number of nitrogens with one attached hydrogen (secondary N) is 2. The molecular weight excluding hydrogens is 312 g/mol. The third-order valence-electron chi connectivity index (χ3n) is 4.57. The van der Waals surface area contributed by atoms with Crippen LogP contribution in [0.3, 0.4) is 0 Å². The van der Waals surface area contributed by atoms with Crippen LogP contribution in [0.1, 0.15) is 24.3 Å². The van der Waals surface area contributed by atoms with Crippen LogP contribution in [0.25, 0.3) is 0 Å². The standard InChI is InChI=1S/C17H21ClN4O/c18-15-7-13(3-4-14(15)16-10-19-5-6-23-16)22-17-20-8-12(9-21-17)11-1-2-11/h3-4,7-9,11,14-16,19H,1-2,5-6,10H2,(H,20,21,22)/t14?,15?,16-/m1/s1. The maximum absolute atomic E-state index is 6.54. The number of hydrogen-bond donors (Lipinski definition) is 2. The molecular formula is C17H21ClN4O. The molecule has 5 nitrogen and oxygen atoms in total. The van der Waals surface area contributed by atoms with E-state index >= 15 is 0 Å². The minimum Gasteiger partial charge on any atom is -0.375 e. The first-order valence-corrected chi connectivity index (χ1v) is 8.68. The van der Waals surface area contributed by atoms with Crippen molar-refractivity contribution in [1.29, 1.82) is 0 Å². The Morgan fingerprint density at radius 3 is 2.74 bits per heavy atom. The third-order valence-corrected chi connectivity index (χ3v) is 4.98. The van der Waals surface area contributed by atoms with Crippen molar-refractivity contribution in [3.63, 3.8) is 0 Å². The summed E-state index contributed by atoms with van der Waals surface area (Å²) in [5, 5.41) is 6.48. The van der Waals surface area contributed by atoms with Gasteiger partial charge in [-0.3, -0.25) is 0 Å². The van der Waals surface area contributed by atoms with Crippen LogP contribution in [0.5, 0.6) is 0 Å². The van der Waals surface area contributed by atoms with Crippen molar-refractivity contribution in [2.75, 3.05) is 25.0 Å². The average molecular weight is 333 g/mol. The Labute approximate surface area is 141 Å². The molecule has 0 bridgehead atoms. The molecule has 1 aromatic rings. The normalized spacial score (nSPS) is 30.8. The molecule has 6 heteroatoms. The topological polar surface area (TPSA) is 59.1 Å². The lowest BCUT2D eigenvalue weighted by Crippen LogP contribution is -2.44. The minimum absolute atomic E-state index is 0.0989. The quantitative estimate of drug-likeness (QED) is 0.829. The van der Waals surface area contributed by atoms with Gasteiger partial charge in [-0.2, -0.15) is 0 Å². The second-order valence-electron chi connectivity index (χ2n) is 6.36. The minimum atomic E-state index is -0.0989. The van der Waals surface area contributed by atoms with Gasteiger partial charge in [0.15, 0.2) is 0 Å². The molecule has 0 radical (unpaired) electrons. The van der Waals surface area contributed by atoms with Gasteiger partial charge in [-0.25, -0.2) is 9.97 Å². The molecule has 0 aromatic carbocycles. The zero-order valence-corrected chi connectivity index (χ0v) is 13.7. The average Bonchev–Trinajstić information content (AvgIpc) is 3.42. The van der Waals surface area contributed by atoms with E-state index in [-0.39, 0.29) is 17.4 Å². The van der Waals surface area contributed by atoms with E-state index in [0.29, 0.717) is 11.9 Å². The molecule has 0 spiro atoms. The van der Waals surface area contributed by atoms with Crippen LogP contribution in [0.4, 0.5) is 5.95 Å². The van der Waals surface area contributed by atoms with Gasteiger partial charge in [-0.1, -0.05) is 6.08 Å². The highest BCUT2D eigenvalue weighted by molar-refractivity contribution is 6.22. The van der Waals surface area contributed by atoms with E-state index in [1.807, 2.05) is 24.5 Å². The Balaban J connectivity index is 1.39. The Morgan fingerprint density at radius 2 is 2.09 bits per heavy atom. The van der Waals surface area contributed by atoms with Gasteiger partial charge in [0.25, 0.3) is 0 Å². The fourth-order valence-electron chi connectivity index (χ4n) is 3.06. The predicted molar refractivity (Wildman–Crippen MR) is 90.6 cm³/mol. The summed E-state index contributed by atoms with van der Waals surface area (Å²) in [5.41, 5.74) is 2.17. The molecule has 3 atom stereocenters. The van der Waals surface area contributed by atoms with Crippen molar-refractivity contribution in [3.05, 3.63) is 41.9 Å². The summed E-state index contributed by atoms with van der Waals surface area (Å²) >= 11 is 6.54. The molecule has 0 amide bonds. The van der Waals surface area contributed by atoms with Gasteiger partial charge in [0, 0.05) is 37.1 Å². The number of nitrogens with zero attached hydrogens (tertiary/aromatic N) is 2. The number of morpholine rings is 1. The summed E-state index contributed by atoms with van der Waals surface area (Å²) in [5.74, 6) is 1.48. The van der Waals surface area contributed by atoms with Gasteiger partial charge in [0.2, 0.25) is 5.95 Å². The van der Waals surface area contributed by atoms with Crippen molar-refractivity contribution in [3.8, 4) is 0 Å². The third kappa shape index (κ3) is 3.57.